The Bertz CT molecular complexity index is 547. The van der Waals surface area contributed by atoms with E-state index in [0.717, 1.165) is 26.8 Å². The van der Waals surface area contributed by atoms with Crippen LogP contribution < -0.4 is 10.1 Å². The smallest absolute Gasteiger partial charge is 0.227 e. The van der Waals surface area contributed by atoms with Crippen molar-refractivity contribution in [2.45, 2.75) is 19.9 Å². The van der Waals surface area contributed by atoms with Crippen molar-refractivity contribution < 1.29 is 9.26 Å². The first-order valence-corrected chi connectivity index (χ1v) is 7.86. The van der Waals surface area contributed by atoms with Crippen molar-refractivity contribution in [2.24, 2.45) is 0 Å². The number of benzene rings is 1. The van der Waals surface area contributed by atoms with Crippen molar-refractivity contribution in [2.75, 3.05) is 13.2 Å². The molecular formula is C13H15Br2N3O2. The van der Waals surface area contributed by atoms with Gasteiger partial charge in [-0.25, -0.2) is 0 Å². The van der Waals surface area contributed by atoms with Crippen LogP contribution >= 0.6 is 31.9 Å². The summed E-state index contributed by atoms with van der Waals surface area (Å²) in [6.45, 7) is 4.08. The maximum Gasteiger partial charge on any atom is 0.227 e. The highest BCUT2D eigenvalue weighted by molar-refractivity contribution is 9.11. The molecule has 0 aliphatic rings. The van der Waals surface area contributed by atoms with E-state index >= 15 is 0 Å². The first-order chi connectivity index (χ1) is 9.70. The zero-order valence-corrected chi connectivity index (χ0v) is 14.2. The molecule has 0 unspecified atom stereocenters. The molecule has 0 spiro atoms. The van der Waals surface area contributed by atoms with Crippen LogP contribution in [0.15, 0.2) is 31.9 Å². The SMILES string of the molecule is CCOc1c(Br)cc(Br)cc1CNCCc1ncno1. The molecule has 2 aromatic rings. The Labute approximate surface area is 134 Å². The summed E-state index contributed by atoms with van der Waals surface area (Å²) in [6, 6.07) is 4.03. The average Bonchev–Trinajstić information content (AvgIpc) is 2.91. The van der Waals surface area contributed by atoms with Gasteiger partial charge in [0.2, 0.25) is 5.89 Å². The monoisotopic (exact) mass is 403 g/mol. The Balaban J connectivity index is 1.94. The van der Waals surface area contributed by atoms with Gasteiger partial charge in [0.25, 0.3) is 0 Å². The van der Waals surface area contributed by atoms with Crippen molar-refractivity contribution in [3.8, 4) is 5.75 Å². The van der Waals surface area contributed by atoms with Gasteiger partial charge in [0, 0.05) is 29.5 Å². The normalized spacial score (nSPS) is 10.8. The number of halogens is 2. The van der Waals surface area contributed by atoms with Crippen LogP contribution in [0.25, 0.3) is 0 Å². The van der Waals surface area contributed by atoms with Gasteiger partial charge in [-0.3, -0.25) is 0 Å². The first kappa shape index (κ1) is 15.5. The molecule has 7 heteroatoms. The Morgan fingerprint density at radius 2 is 2.20 bits per heavy atom. The number of nitrogens with one attached hydrogen (secondary N) is 1. The lowest BCUT2D eigenvalue weighted by molar-refractivity contribution is 0.333. The van der Waals surface area contributed by atoms with Crippen LogP contribution in [0.3, 0.4) is 0 Å². The van der Waals surface area contributed by atoms with E-state index in [9.17, 15) is 0 Å². The molecule has 0 aliphatic heterocycles. The van der Waals surface area contributed by atoms with Crippen LogP contribution in [-0.2, 0) is 13.0 Å². The number of hydrogen-bond donors (Lipinski definition) is 1. The highest BCUT2D eigenvalue weighted by Crippen LogP contribution is 2.32. The molecule has 0 bridgehead atoms. The van der Waals surface area contributed by atoms with E-state index in [-0.39, 0.29) is 0 Å². The molecule has 2 rings (SSSR count). The second-order valence-corrected chi connectivity index (χ2v) is 5.84. The van der Waals surface area contributed by atoms with Crippen LogP contribution in [0.1, 0.15) is 18.4 Å². The van der Waals surface area contributed by atoms with Gasteiger partial charge in [-0.2, -0.15) is 4.98 Å². The van der Waals surface area contributed by atoms with Gasteiger partial charge in [0.05, 0.1) is 11.1 Å². The van der Waals surface area contributed by atoms with Crippen molar-refractivity contribution in [1.82, 2.24) is 15.5 Å². The fourth-order valence-electron chi connectivity index (χ4n) is 1.78. The third-order valence-electron chi connectivity index (χ3n) is 2.61. The minimum absolute atomic E-state index is 0.634. The van der Waals surface area contributed by atoms with E-state index in [2.05, 4.69) is 53.4 Å². The number of rotatable bonds is 7. The molecule has 1 aromatic carbocycles. The van der Waals surface area contributed by atoms with E-state index in [1.54, 1.807) is 0 Å². The largest absolute Gasteiger partial charge is 0.492 e. The Kier molecular flexibility index (Phi) is 6.00. The molecular weight excluding hydrogens is 390 g/mol. The molecule has 1 aromatic heterocycles. The van der Waals surface area contributed by atoms with Crippen LogP contribution in [-0.4, -0.2) is 23.3 Å². The zero-order chi connectivity index (χ0) is 14.4. The topological polar surface area (TPSA) is 60.2 Å². The predicted octanol–water partition coefficient (Wildman–Crippen LogP) is 3.33. The predicted molar refractivity (Wildman–Crippen MR) is 82.7 cm³/mol. The molecule has 0 saturated heterocycles. The fraction of sp³-hybridized carbons (Fsp3) is 0.385. The lowest BCUT2D eigenvalue weighted by atomic mass is 10.2. The van der Waals surface area contributed by atoms with E-state index < -0.39 is 0 Å². The molecule has 20 heavy (non-hydrogen) atoms. The Morgan fingerprint density at radius 1 is 1.35 bits per heavy atom. The molecule has 0 aliphatic carbocycles. The molecule has 0 radical (unpaired) electrons. The number of aromatic nitrogens is 2. The van der Waals surface area contributed by atoms with E-state index in [4.69, 9.17) is 9.26 Å². The summed E-state index contributed by atoms with van der Waals surface area (Å²) in [4.78, 5) is 3.98. The van der Waals surface area contributed by atoms with Gasteiger partial charge >= 0.3 is 0 Å². The van der Waals surface area contributed by atoms with Gasteiger partial charge in [-0.15, -0.1) is 0 Å². The van der Waals surface area contributed by atoms with Crippen molar-refractivity contribution in [3.63, 3.8) is 0 Å². The molecule has 0 fully saturated rings. The summed E-state index contributed by atoms with van der Waals surface area (Å²) in [5, 5.41) is 6.92. The number of ether oxygens (including phenoxy) is 1. The number of nitrogens with zero attached hydrogens (tertiary/aromatic N) is 2. The second kappa shape index (κ2) is 7.75. The molecule has 0 saturated carbocycles. The van der Waals surface area contributed by atoms with E-state index in [0.29, 0.717) is 25.5 Å². The summed E-state index contributed by atoms with van der Waals surface area (Å²) in [5.41, 5.74) is 1.10. The minimum atomic E-state index is 0.634. The summed E-state index contributed by atoms with van der Waals surface area (Å²) in [6.07, 6.45) is 2.12. The van der Waals surface area contributed by atoms with Gasteiger partial charge in [-0.1, -0.05) is 21.1 Å². The lowest BCUT2D eigenvalue weighted by Crippen LogP contribution is -2.17. The third kappa shape index (κ3) is 4.29. The summed E-state index contributed by atoms with van der Waals surface area (Å²) in [7, 11) is 0. The molecule has 0 amide bonds. The Hall–Kier alpha value is -0.920. The lowest BCUT2D eigenvalue weighted by Gasteiger charge is -2.13. The van der Waals surface area contributed by atoms with Crippen molar-refractivity contribution in [1.29, 1.82) is 0 Å². The second-order valence-electron chi connectivity index (χ2n) is 4.07. The number of hydrogen-bond acceptors (Lipinski definition) is 5. The van der Waals surface area contributed by atoms with Crippen molar-refractivity contribution >= 4 is 31.9 Å². The van der Waals surface area contributed by atoms with Gasteiger partial charge < -0.3 is 14.6 Å². The van der Waals surface area contributed by atoms with Gasteiger partial charge in [-0.05, 0) is 35.0 Å². The van der Waals surface area contributed by atoms with Gasteiger partial charge in [0.15, 0.2) is 6.33 Å². The van der Waals surface area contributed by atoms with Crippen LogP contribution in [0.4, 0.5) is 0 Å². The quantitative estimate of drug-likeness (QED) is 0.717. The average molecular weight is 405 g/mol. The standard InChI is InChI=1S/C13H15Br2N3O2/c1-2-19-13-9(5-10(14)6-11(13)15)7-16-4-3-12-17-8-18-20-12/h5-6,8,16H,2-4,7H2,1H3. The minimum Gasteiger partial charge on any atom is -0.492 e. The molecule has 0 atom stereocenters. The van der Waals surface area contributed by atoms with Crippen LogP contribution in [0, 0.1) is 0 Å². The first-order valence-electron chi connectivity index (χ1n) is 6.27. The van der Waals surface area contributed by atoms with E-state index in [1.807, 2.05) is 13.0 Å². The summed E-state index contributed by atoms with van der Waals surface area (Å²) >= 11 is 7.02. The molecule has 108 valence electrons. The van der Waals surface area contributed by atoms with Crippen LogP contribution in [0.2, 0.25) is 0 Å². The maximum absolute atomic E-state index is 5.68. The molecule has 1 N–H and O–H groups in total. The highest BCUT2D eigenvalue weighted by atomic mass is 79.9. The third-order valence-corrected chi connectivity index (χ3v) is 3.66. The van der Waals surface area contributed by atoms with Crippen molar-refractivity contribution in [3.05, 3.63) is 38.9 Å². The Morgan fingerprint density at radius 3 is 2.90 bits per heavy atom. The molecule has 5 nitrogen and oxygen atoms in total. The fourth-order valence-corrected chi connectivity index (χ4v) is 3.20. The zero-order valence-electron chi connectivity index (χ0n) is 11.0. The summed E-state index contributed by atoms with van der Waals surface area (Å²) in [5.74, 6) is 1.51. The highest BCUT2D eigenvalue weighted by Gasteiger charge is 2.10. The van der Waals surface area contributed by atoms with Crippen LogP contribution in [0.5, 0.6) is 5.75 Å². The maximum atomic E-state index is 5.68. The summed E-state index contributed by atoms with van der Waals surface area (Å²) < 4.78 is 12.6. The molecule has 1 heterocycles. The van der Waals surface area contributed by atoms with Gasteiger partial charge in [0.1, 0.15) is 5.75 Å². The van der Waals surface area contributed by atoms with E-state index in [1.165, 1.54) is 6.33 Å².